The highest BCUT2D eigenvalue weighted by Crippen LogP contribution is 2.21. The largest absolute Gasteiger partial charge is 0.465 e. The monoisotopic (exact) mass is 390 g/mol. The van der Waals surface area contributed by atoms with Crippen LogP contribution in [0.25, 0.3) is 10.7 Å². The number of rotatable bonds is 7. The van der Waals surface area contributed by atoms with Crippen LogP contribution in [0.1, 0.15) is 22.7 Å². The summed E-state index contributed by atoms with van der Waals surface area (Å²) >= 11 is 1.48. The van der Waals surface area contributed by atoms with E-state index in [-0.39, 0.29) is 12.1 Å². The lowest BCUT2D eigenvalue weighted by molar-refractivity contribution is -0.386. The van der Waals surface area contributed by atoms with Crippen molar-refractivity contribution in [2.75, 3.05) is 7.11 Å². The average molecular weight is 390 g/mol. The molecule has 0 aromatic carbocycles. The number of methoxy groups -OCH3 is 1. The van der Waals surface area contributed by atoms with E-state index in [0.29, 0.717) is 24.6 Å². The number of aromatic nitrogens is 3. The van der Waals surface area contributed by atoms with Crippen molar-refractivity contribution in [3.8, 4) is 10.7 Å². The lowest BCUT2D eigenvalue weighted by atomic mass is 10.2. The second kappa shape index (κ2) is 7.91. The number of thiophene rings is 1. The van der Waals surface area contributed by atoms with Gasteiger partial charge in [0.15, 0.2) is 0 Å². The summed E-state index contributed by atoms with van der Waals surface area (Å²) in [6, 6.07) is 4.66. The Morgan fingerprint density at radius 1 is 1.48 bits per heavy atom. The second-order valence-electron chi connectivity index (χ2n) is 5.45. The molecule has 0 aliphatic heterocycles. The number of nitrogens with zero attached hydrogens (tertiary/aromatic N) is 4. The predicted molar refractivity (Wildman–Crippen MR) is 94.6 cm³/mol. The molecule has 27 heavy (non-hydrogen) atoms. The van der Waals surface area contributed by atoms with Crippen LogP contribution in [-0.4, -0.2) is 32.7 Å². The van der Waals surface area contributed by atoms with E-state index in [4.69, 9.17) is 4.52 Å². The van der Waals surface area contributed by atoms with Gasteiger partial charge in [-0.15, -0.1) is 11.3 Å². The number of carbonyl (C=O) groups is 1. The summed E-state index contributed by atoms with van der Waals surface area (Å²) in [5.74, 6) is 0.120. The van der Waals surface area contributed by atoms with Crippen LogP contribution in [-0.2, 0) is 17.7 Å². The molecule has 3 rings (SSSR count). The lowest BCUT2D eigenvalue weighted by Gasteiger charge is -2.07. The van der Waals surface area contributed by atoms with Gasteiger partial charge in [-0.2, -0.15) is 4.98 Å². The maximum Gasteiger partial charge on any atom is 0.339 e. The van der Waals surface area contributed by atoms with Crippen LogP contribution in [0.2, 0.25) is 0 Å². The number of esters is 1. The fourth-order valence-electron chi connectivity index (χ4n) is 2.41. The fraction of sp³-hybridized carbons (Fsp3) is 0.250. The molecular weight excluding hydrogens is 376 g/mol. The molecular formula is C16H14N4O6S. The third kappa shape index (κ3) is 4.08. The smallest absolute Gasteiger partial charge is 0.339 e. The molecule has 0 fully saturated rings. The zero-order valence-electron chi connectivity index (χ0n) is 14.2. The molecule has 0 atom stereocenters. The first-order valence-electron chi connectivity index (χ1n) is 7.83. The number of hydrogen-bond acceptors (Lipinski definition) is 9. The first kappa shape index (κ1) is 18.5. The van der Waals surface area contributed by atoms with Crippen molar-refractivity contribution in [3.05, 3.63) is 61.7 Å². The molecule has 0 aliphatic carbocycles. The van der Waals surface area contributed by atoms with Gasteiger partial charge in [-0.05, 0) is 17.9 Å². The maximum absolute atomic E-state index is 12.2. The minimum Gasteiger partial charge on any atom is -0.465 e. The summed E-state index contributed by atoms with van der Waals surface area (Å²) in [5.41, 5.74) is -1.55. The Morgan fingerprint density at radius 2 is 2.30 bits per heavy atom. The Hall–Kier alpha value is -3.34. The number of nitro groups is 1. The third-order valence-corrected chi connectivity index (χ3v) is 4.55. The molecule has 3 aromatic heterocycles. The predicted octanol–water partition coefficient (Wildman–Crippen LogP) is 2.29. The zero-order chi connectivity index (χ0) is 19.4. The molecule has 0 N–H and O–H groups in total. The van der Waals surface area contributed by atoms with Gasteiger partial charge in [0.2, 0.25) is 11.7 Å². The van der Waals surface area contributed by atoms with Gasteiger partial charge in [0.05, 0.1) is 22.5 Å². The highest BCUT2D eigenvalue weighted by molar-refractivity contribution is 7.13. The average Bonchev–Trinajstić information content (AvgIpc) is 3.33. The first-order valence-corrected chi connectivity index (χ1v) is 8.71. The summed E-state index contributed by atoms with van der Waals surface area (Å²) in [4.78, 5) is 39.2. The Bertz CT molecular complexity index is 1020. The third-order valence-electron chi connectivity index (χ3n) is 3.68. The van der Waals surface area contributed by atoms with Crippen molar-refractivity contribution >= 4 is 23.0 Å². The van der Waals surface area contributed by atoms with E-state index in [0.717, 1.165) is 22.6 Å². The van der Waals surface area contributed by atoms with Crippen LogP contribution < -0.4 is 5.56 Å². The molecule has 3 heterocycles. The van der Waals surface area contributed by atoms with E-state index in [1.807, 2.05) is 17.5 Å². The molecule has 0 saturated carbocycles. The standard InChI is InChI=1S/C16H14N4O6S/c1-25-16(22)10-8-11(20(23)24)15(21)19(9-10)6-2-5-13-17-14(18-26-13)12-4-3-7-27-12/h3-4,7-9H,2,5-6H2,1H3. The molecule has 3 aromatic rings. The molecule has 140 valence electrons. The van der Waals surface area contributed by atoms with Crippen molar-refractivity contribution < 1.29 is 19.0 Å². The van der Waals surface area contributed by atoms with Gasteiger partial charge < -0.3 is 13.8 Å². The van der Waals surface area contributed by atoms with E-state index in [9.17, 15) is 19.7 Å². The highest BCUT2D eigenvalue weighted by atomic mass is 32.1. The Morgan fingerprint density at radius 3 is 2.96 bits per heavy atom. The van der Waals surface area contributed by atoms with Crippen molar-refractivity contribution in [2.45, 2.75) is 19.4 Å². The minimum atomic E-state index is -0.823. The Labute approximate surface area is 156 Å². The molecule has 0 aliphatic rings. The van der Waals surface area contributed by atoms with Gasteiger partial charge in [0, 0.05) is 25.2 Å². The first-order chi connectivity index (χ1) is 13.0. The van der Waals surface area contributed by atoms with Gasteiger partial charge in [-0.3, -0.25) is 14.9 Å². The number of hydrogen-bond donors (Lipinski definition) is 0. The molecule has 0 saturated heterocycles. The number of pyridine rings is 1. The van der Waals surface area contributed by atoms with E-state index >= 15 is 0 Å². The van der Waals surface area contributed by atoms with Gasteiger partial charge in [0.1, 0.15) is 0 Å². The SMILES string of the molecule is COC(=O)c1cc([N+](=O)[O-])c(=O)n(CCCc2nc(-c3cccs3)no2)c1. The van der Waals surface area contributed by atoms with E-state index in [2.05, 4.69) is 14.9 Å². The van der Waals surface area contributed by atoms with Crippen LogP contribution in [0.4, 0.5) is 5.69 Å². The van der Waals surface area contributed by atoms with Crippen LogP contribution in [0.15, 0.2) is 39.1 Å². The molecule has 10 nitrogen and oxygen atoms in total. The number of carbonyl (C=O) groups excluding carboxylic acids is 1. The van der Waals surface area contributed by atoms with Crippen molar-refractivity contribution in [1.82, 2.24) is 14.7 Å². The van der Waals surface area contributed by atoms with Crippen molar-refractivity contribution in [1.29, 1.82) is 0 Å². The topological polar surface area (TPSA) is 130 Å². The van der Waals surface area contributed by atoms with Crippen molar-refractivity contribution in [2.24, 2.45) is 0 Å². The molecule has 11 heteroatoms. The van der Waals surface area contributed by atoms with Gasteiger partial charge in [-0.1, -0.05) is 11.2 Å². The van der Waals surface area contributed by atoms with Crippen LogP contribution in [0.5, 0.6) is 0 Å². The molecule has 0 radical (unpaired) electrons. The summed E-state index contributed by atoms with van der Waals surface area (Å²) in [6.45, 7) is 0.140. The quantitative estimate of drug-likeness (QED) is 0.341. The summed E-state index contributed by atoms with van der Waals surface area (Å²) in [6.07, 6.45) is 2.03. The number of ether oxygens (including phenoxy) is 1. The van der Waals surface area contributed by atoms with Crippen LogP contribution in [0.3, 0.4) is 0 Å². The van der Waals surface area contributed by atoms with Gasteiger partial charge in [-0.25, -0.2) is 4.79 Å². The second-order valence-corrected chi connectivity index (χ2v) is 6.40. The molecule has 0 spiro atoms. The summed E-state index contributed by atoms with van der Waals surface area (Å²) in [5, 5.41) is 16.9. The van der Waals surface area contributed by atoms with E-state index < -0.39 is 22.1 Å². The van der Waals surface area contributed by atoms with Crippen molar-refractivity contribution in [3.63, 3.8) is 0 Å². The molecule has 0 unspecified atom stereocenters. The summed E-state index contributed by atoms with van der Waals surface area (Å²) in [7, 11) is 1.16. The van der Waals surface area contributed by atoms with E-state index in [1.54, 1.807) is 0 Å². The Balaban J connectivity index is 1.74. The normalized spacial score (nSPS) is 10.7. The maximum atomic E-state index is 12.2. The van der Waals surface area contributed by atoms with Crippen LogP contribution >= 0.6 is 11.3 Å². The van der Waals surface area contributed by atoms with Gasteiger partial charge >= 0.3 is 17.2 Å². The number of aryl methyl sites for hydroxylation is 2. The zero-order valence-corrected chi connectivity index (χ0v) is 15.0. The fourth-order valence-corrected chi connectivity index (χ4v) is 3.06. The molecule has 0 amide bonds. The summed E-state index contributed by atoms with van der Waals surface area (Å²) < 4.78 is 10.9. The molecule has 0 bridgehead atoms. The minimum absolute atomic E-state index is 0.0680. The van der Waals surface area contributed by atoms with E-state index in [1.165, 1.54) is 17.5 Å². The van der Waals surface area contributed by atoms with Crippen LogP contribution in [0, 0.1) is 10.1 Å². The lowest BCUT2D eigenvalue weighted by Crippen LogP contribution is -2.24. The Kier molecular flexibility index (Phi) is 5.41. The highest BCUT2D eigenvalue weighted by Gasteiger charge is 2.20. The van der Waals surface area contributed by atoms with Gasteiger partial charge in [0.25, 0.3) is 0 Å².